The summed E-state index contributed by atoms with van der Waals surface area (Å²) in [4.78, 5) is 25.9. The average Bonchev–Trinajstić information content (AvgIpc) is 3.16. The minimum Gasteiger partial charge on any atom is -0.496 e. The number of rotatable bonds is 8. The van der Waals surface area contributed by atoms with E-state index < -0.39 is 18.5 Å². The van der Waals surface area contributed by atoms with Crippen molar-refractivity contribution in [3.05, 3.63) is 53.5 Å². The van der Waals surface area contributed by atoms with Crippen molar-refractivity contribution >= 4 is 11.9 Å². The molecule has 7 heteroatoms. The van der Waals surface area contributed by atoms with Gasteiger partial charge in [-0.05, 0) is 36.8 Å². The van der Waals surface area contributed by atoms with Crippen LogP contribution in [0.25, 0.3) is 0 Å². The van der Waals surface area contributed by atoms with E-state index in [9.17, 15) is 9.59 Å². The third-order valence-corrected chi connectivity index (χ3v) is 3.74. The molecule has 0 saturated heterocycles. The van der Waals surface area contributed by atoms with Gasteiger partial charge in [0.15, 0.2) is 6.61 Å². The van der Waals surface area contributed by atoms with E-state index in [0.29, 0.717) is 17.1 Å². The van der Waals surface area contributed by atoms with Gasteiger partial charge in [0, 0.05) is 6.54 Å². The maximum atomic E-state index is 12.4. The third kappa shape index (κ3) is 5.11. The lowest BCUT2D eigenvalue weighted by molar-refractivity contribution is -0.135. The molecule has 1 heterocycles. The first kappa shape index (κ1) is 19.1. The number of hydrogen-bond donors (Lipinski definition) is 0. The molecule has 0 radical (unpaired) electrons. The molecule has 0 unspecified atom stereocenters. The first-order valence-electron chi connectivity index (χ1n) is 8.04. The number of methoxy groups -OCH3 is 1. The van der Waals surface area contributed by atoms with E-state index in [-0.39, 0.29) is 19.5 Å². The Bertz CT molecular complexity index is 793. The van der Waals surface area contributed by atoms with Gasteiger partial charge in [-0.25, -0.2) is 4.79 Å². The molecule has 0 aliphatic heterocycles. The molecule has 0 aliphatic carbocycles. The number of hydrogen-bond acceptors (Lipinski definition) is 6. The van der Waals surface area contributed by atoms with Gasteiger partial charge in [0.2, 0.25) is 0 Å². The topological polar surface area (TPSA) is 92.8 Å². The molecule has 26 heavy (non-hydrogen) atoms. The van der Waals surface area contributed by atoms with Crippen molar-refractivity contribution in [1.82, 2.24) is 4.90 Å². The molecule has 136 valence electrons. The fourth-order valence-electron chi connectivity index (χ4n) is 2.32. The number of esters is 1. The van der Waals surface area contributed by atoms with Gasteiger partial charge in [-0.15, -0.1) is 0 Å². The van der Waals surface area contributed by atoms with Crippen LogP contribution in [0.3, 0.4) is 0 Å². The molecule has 1 aromatic carbocycles. The first-order chi connectivity index (χ1) is 12.5. The van der Waals surface area contributed by atoms with Crippen LogP contribution in [0.4, 0.5) is 0 Å². The van der Waals surface area contributed by atoms with E-state index >= 15 is 0 Å². The van der Waals surface area contributed by atoms with Crippen LogP contribution in [0, 0.1) is 18.3 Å². The summed E-state index contributed by atoms with van der Waals surface area (Å²) >= 11 is 0. The van der Waals surface area contributed by atoms with Crippen LogP contribution < -0.4 is 4.74 Å². The Kier molecular flexibility index (Phi) is 6.80. The molecule has 0 bridgehead atoms. The minimum absolute atomic E-state index is 0.176. The molecule has 0 saturated carbocycles. The van der Waals surface area contributed by atoms with Crippen molar-refractivity contribution in [1.29, 1.82) is 5.26 Å². The fourth-order valence-corrected chi connectivity index (χ4v) is 2.32. The van der Waals surface area contributed by atoms with Crippen LogP contribution in [-0.2, 0) is 16.1 Å². The molecule has 0 fully saturated rings. The molecule has 2 rings (SSSR count). The summed E-state index contributed by atoms with van der Waals surface area (Å²) in [5, 5.41) is 8.75. The summed E-state index contributed by atoms with van der Waals surface area (Å²) in [6.07, 6.45) is 1.68. The summed E-state index contributed by atoms with van der Waals surface area (Å²) in [7, 11) is 1.52. The molecule has 0 aliphatic rings. The second-order valence-electron chi connectivity index (χ2n) is 5.56. The van der Waals surface area contributed by atoms with Crippen molar-refractivity contribution in [2.45, 2.75) is 19.9 Å². The molecule has 1 amide bonds. The van der Waals surface area contributed by atoms with Gasteiger partial charge < -0.3 is 18.8 Å². The van der Waals surface area contributed by atoms with E-state index in [1.807, 2.05) is 13.0 Å². The van der Waals surface area contributed by atoms with E-state index in [0.717, 1.165) is 5.56 Å². The molecule has 2 aromatic rings. The lowest BCUT2D eigenvalue weighted by Gasteiger charge is -2.20. The number of carbonyl (C=O) groups excluding carboxylic acids is 2. The monoisotopic (exact) mass is 356 g/mol. The van der Waals surface area contributed by atoms with Crippen LogP contribution in [0.1, 0.15) is 28.1 Å². The maximum Gasteiger partial charge on any atom is 0.338 e. The Morgan fingerprint density at radius 2 is 2.12 bits per heavy atom. The Labute approximate surface area is 151 Å². The van der Waals surface area contributed by atoms with Gasteiger partial charge in [0.1, 0.15) is 11.5 Å². The van der Waals surface area contributed by atoms with Gasteiger partial charge in [0.05, 0.1) is 38.0 Å². The number of ether oxygens (including phenoxy) is 2. The number of nitrogens with zero attached hydrogens (tertiary/aromatic N) is 2. The zero-order chi connectivity index (χ0) is 18.9. The minimum atomic E-state index is -0.616. The Morgan fingerprint density at radius 1 is 1.31 bits per heavy atom. The Hall–Kier alpha value is -3.27. The highest BCUT2D eigenvalue weighted by Gasteiger charge is 2.18. The summed E-state index contributed by atoms with van der Waals surface area (Å²) in [6.45, 7) is 1.88. The molecule has 0 spiro atoms. The highest BCUT2D eigenvalue weighted by Crippen LogP contribution is 2.19. The first-order valence-corrected chi connectivity index (χ1v) is 8.04. The number of benzene rings is 1. The van der Waals surface area contributed by atoms with Crippen LogP contribution >= 0.6 is 0 Å². The van der Waals surface area contributed by atoms with Crippen LogP contribution in [-0.4, -0.2) is 37.0 Å². The van der Waals surface area contributed by atoms with Crippen LogP contribution in [0.2, 0.25) is 0 Å². The highest BCUT2D eigenvalue weighted by atomic mass is 16.5. The number of amides is 1. The van der Waals surface area contributed by atoms with E-state index in [4.69, 9.17) is 19.2 Å². The standard InChI is InChI=1S/C19H20N2O5/c1-14-6-7-15(11-17(14)24-2)19(23)26-13-18(22)21(9-4-8-20)12-16-5-3-10-25-16/h3,5-7,10-11H,4,9,12-13H2,1-2H3. The number of carbonyl (C=O) groups is 2. The number of furan rings is 1. The fraction of sp³-hybridized carbons (Fsp3) is 0.316. The zero-order valence-corrected chi connectivity index (χ0v) is 14.7. The predicted molar refractivity (Wildman–Crippen MR) is 92.4 cm³/mol. The van der Waals surface area contributed by atoms with Gasteiger partial charge >= 0.3 is 5.97 Å². The molecule has 0 N–H and O–H groups in total. The molecule has 7 nitrogen and oxygen atoms in total. The highest BCUT2D eigenvalue weighted by molar-refractivity contribution is 5.91. The van der Waals surface area contributed by atoms with Gasteiger partial charge in [-0.2, -0.15) is 5.26 Å². The largest absolute Gasteiger partial charge is 0.496 e. The third-order valence-electron chi connectivity index (χ3n) is 3.74. The molecule has 0 atom stereocenters. The molecular formula is C19H20N2O5. The molecule has 1 aromatic heterocycles. The second kappa shape index (κ2) is 9.28. The number of aryl methyl sites for hydroxylation is 1. The summed E-state index contributed by atoms with van der Waals surface area (Å²) in [5.74, 6) is 0.143. The SMILES string of the molecule is COc1cc(C(=O)OCC(=O)N(CCC#N)Cc2ccco2)ccc1C. The Morgan fingerprint density at radius 3 is 2.77 bits per heavy atom. The van der Waals surface area contributed by atoms with Crippen molar-refractivity contribution in [2.75, 3.05) is 20.3 Å². The Balaban J connectivity index is 1.97. The maximum absolute atomic E-state index is 12.4. The smallest absolute Gasteiger partial charge is 0.338 e. The van der Waals surface area contributed by atoms with Crippen molar-refractivity contribution in [3.63, 3.8) is 0 Å². The molecular weight excluding hydrogens is 336 g/mol. The predicted octanol–water partition coefficient (Wildman–Crippen LogP) is 2.70. The van der Waals surface area contributed by atoms with Gasteiger partial charge in [-0.3, -0.25) is 4.79 Å². The van der Waals surface area contributed by atoms with Crippen molar-refractivity contribution in [2.24, 2.45) is 0 Å². The second-order valence-corrected chi connectivity index (χ2v) is 5.56. The van der Waals surface area contributed by atoms with E-state index in [1.165, 1.54) is 18.3 Å². The lowest BCUT2D eigenvalue weighted by Crippen LogP contribution is -2.35. The summed E-state index contributed by atoms with van der Waals surface area (Å²) in [5.41, 5.74) is 1.19. The lowest BCUT2D eigenvalue weighted by atomic mass is 10.1. The van der Waals surface area contributed by atoms with E-state index in [2.05, 4.69) is 0 Å². The van der Waals surface area contributed by atoms with Gasteiger partial charge in [0.25, 0.3) is 5.91 Å². The van der Waals surface area contributed by atoms with Crippen molar-refractivity contribution < 1.29 is 23.5 Å². The van der Waals surface area contributed by atoms with E-state index in [1.54, 1.807) is 30.3 Å². The average molecular weight is 356 g/mol. The van der Waals surface area contributed by atoms with Crippen LogP contribution in [0.5, 0.6) is 5.75 Å². The zero-order valence-electron chi connectivity index (χ0n) is 14.7. The van der Waals surface area contributed by atoms with Crippen molar-refractivity contribution in [3.8, 4) is 11.8 Å². The quantitative estimate of drug-likeness (QED) is 0.675. The van der Waals surface area contributed by atoms with Crippen LogP contribution in [0.15, 0.2) is 41.0 Å². The number of nitriles is 1. The summed E-state index contributed by atoms with van der Waals surface area (Å²) in [6, 6.07) is 10.4. The summed E-state index contributed by atoms with van der Waals surface area (Å²) < 4.78 is 15.5. The normalized spacial score (nSPS) is 10.0. The van der Waals surface area contributed by atoms with Gasteiger partial charge in [-0.1, -0.05) is 6.07 Å².